The maximum atomic E-state index is 13.4. The van der Waals surface area contributed by atoms with Crippen LogP contribution in [0.2, 0.25) is 0 Å². The average molecular weight is 496 g/mol. The van der Waals surface area contributed by atoms with Crippen molar-refractivity contribution in [1.82, 2.24) is 9.71 Å². The molecule has 0 saturated heterocycles. The normalized spacial score (nSPS) is 15.3. The van der Waals surface area contributed by atoms with Crippen molar-refractivity contribution in [2.24, 2.45) is 0 Å². The summed E-state index contributed by atoms with van der Waals surface area (Å²) in [7, 11) is -3.78. The Labute approximate surface area is 207 Å². The molecule has 0 spiro atoms. The Balaban J connectivity index is 1.67. The van der Waals surface area contributed by atoms with Crippen molar-refractivity contribution in [3.05, 3.63) is 71.5 Å². The van der Waals surface area contributed by atoms with Crippen molar-refractivity contribution in [3.63, 3.8) is 0 Å². The smallest absolute Gasteiger partial charge is 0.241 e. The van der Waals surface area contributed by atoms with E-state index in [2.05, 4.69) is 15.0 Å². The molecule has 2 aromatic carbocycles. The Kier molecular flexibility index (Phi) is 6.66. The number of benzene rings is 2. The molecule has 0 atom stereocenters. The number of aryl methyl sites for hydroxylation is 1. The fraction of sp³-hybridized carbons (Fsp3) is 0.370. The highest BCUT2D eigenvalue weighted by Crippen LogP contribution is 2.36. The number of ether oxygens (including phenoxy) is 2. The number of nitrogens with zero attached hydrogens (tertiary/aromatic N) is 1. The third kappa shape index (κ3) is 5.83. The van der Waals surface area contributed by atoms with Crippen LogP contribution in [0.5, 0.6) is 5.75 Å². The molecule has 7 nitrogen and oxygen atoms in total. The van der Waals surface area contributed by atoms with E-state index in [-0.39, 0.29) is 4.90 Å². The third-order valence-electron chi connectivity index (χ3n) is 5.60. The molecule has 1 aliphatic rings. The number of fused-ring (bicyclic) bond motifs is 1. The highest BCUT2D eigenvalue weighted by molar-refractivity contribution is 7.89. The molecule has 35 heavy (non-hydrogen) atoms. The first-order valence-electron chi connectivity index (χ1n) is 11.6. The van der Waals surface area contributed by atoms with E-state index in [1.54, 1.807) is 6.07 Å². The molecule has 0 saturated carbocycles. The summed E-state index contributed by atoms with van der Waals surface area (Å²) in [5, 5.41) is 3.36. The van der Waals surface area contributed by atoms with Gasteiger partial charge in [-0.3, -0.25) is 4.98 Å². The van der Waals surface area contributed by atoms with Crippen molar-refractivity contribution in [3.8, 4) is 16.9 Å². The van der Waals surface area contributed by atoms with Crippen molar-refractivity contribution in [2.75, 3.05) is 5.32 Å². The summed E-state index contributed by atoms with van der Waals surface area (Å²) in [6.07, 6.45) is 1.81. The van der Waals surface area contributed by atoms with Gasteiger partial charge in [-0.15, -0.1) is 0 Å². The number of aromatic nitrogens is 1. The quantitative estimate of drug-likeness (QED) is 0.477. The van der Waals surface area contributed by atoms with Crippen LogP contribution in [0.1, 0.15) is 51.4 Å². The van der Waals surface area contributed by atoms with E-state index >= 15 is 0 Å². The minimum absolute atomic E-state index is 0.223. The summed E-state index contributed by atoms with van der Waals surface area (Å²) in [4.78, 5) is 4.72. The molecule has 4 rings (SSSR count). The van der Waals surface area contributed by atoms with E-state index in [0.717, 1.165) is 28.1 Å². The van der Waals surface area contributed by atoms with Crippen LogP contribution in [0.3, 0.4) is 0 Å². The fourth-order valence-electron chi connectivity index (χ4n) is 4.01. The summed E-state index contributed by atoms with van der Waals surface area (Å²) >= 11 is 0. The van der Waals surface area contributed by atoms with Crippen LogP contribution in [-0.2, 0) is 27.9 Å². The largest absolute Gasteiger partial charge is 0.461 e. The predicted molar refractivity (Wildman–Crippen MR) is 138 cm³/mol. The first kappa shape index (κ1) is 25.2. The lowest BCUT2D eigenvalue weighted by Crippen LogP contribution is -2.40. The average Bonchev–Trinajstić information content (AvgIpc) is 2.77. The first-order valence-corrected chi connectivity index (χ1v) is 13.1. The van der Waals surface area contributed by atoms with Crippen LogP contribution in [0.15, 0.2) is 59.6 Å². The zero-order valence-electron chi connectivity index (χ0n) is 21.1. The van der Waals surface area contributed by atoms with E-state index in [0.29, 0.717) is 24.4 Å². The molecular formula is C27H33N3O4S. The number of pyridine rings is 1. The number of rotatable bonds is 6. The number of hydrogen-bond acceptors (Lipinski definition) is 6. The maximum absolute atomic E-state index is 13.4. The summed E-state index contributed by atoms with van der Waals surface area (Å²) in [5.74, 6) is 0.0415. The molecular weight excluding hydrogens is 462 g/mol. The summed E-state index contributed by atoms with van der Waals surface area (Å²) in [6.45, 7) is 12.0. The van der Waals surface area contributed by atoms with Crippen LogP contribution < -0.4 is 14.8 Å². The molecule has 0 fully saturated rings. The third-order valence-corrected chi connectivity index (χ3v) is 7.39. The van der Waals surface area contributed by atoms with Crippen molar-refractivity contribution in [2.45, 2.75) is 70.9 Å². The number of sulfonamides is 1. The van der Waals surface area contributed by atoms with Gasteiger partial charge in [0.2, 0.25) is 15.8 Å². The Morgan fingerprint density at radius 3 is 2.49 bits per heavy atom. The number of anilines is 1. The Morgan fingerprint density at radius 1 is 1.09 bits per heavy atom. The molecule has 2 N–H and O–H groups in total. The highest BCUT2D eigenvalue weighted by Gasteiger charge is 2.30. The zero-order valence-corrected chi connectivity index (χ0v) is 21.9. The van der Waals surface area contributed by atoms with Crippen LogP contribution in [0.25, 0.3) is 11.1 Å². The van der Waals surface area contributed by atoms with Gasteiger partial charge in [0, 0.05) is 48.9 Å². The molecule has 8 heteroatoms. The standard InChI is InChI=1S/C27H33N3O4S/c1-18-25-23(17-33-27(5,6)34-25)20(15-28-18)16-29-21-12-13-22(19-10-8-7-9-11-19)24(14-21)35(31,32)30-26(2,3)4/h7-15,29-30H,16-17H2,1-6H3. The minimum Gasteiger partial charge on any atom is -0.461 e. The lowest BCUT2D eigenvalue weighted by molar-refractivity contribution is -0.180. The summed E-state index contributed by atoms with van der Waals surface area (Å²) in [6, 6.07) is 14.9. The summed E-state index contributed by atoms with van der Waals surface area (Å²) in [5.41, 5.74) is 4.25. The first-order chi connectivity index (χ1) is 16.3. The molecule has 0 aliphatic carbocycles. The molecule has 0 radical (unpaired) electrons. The second-order valence-electron chi connectivity index (χ2n) is 10.3. The van der Waals surface area contributed by atoms with E-state index < -0.39 is 21.3 Å². The summed E-state index contributed by atoms with van der Waals surface area (Å²) < 4.78 is 41.4. The Bertz CT molecular complexity index is 1330. The Morgan fingerprint density at radius 2 is 1.80 bits per heavy atom. The van der Waals surface area contributed by atoms with Crippen molar-refractivity contribution in [1.29, 1.82) is 0 Å². The van der Waals surface area contributed by atoms with Crippen LogP contribution >= 0.6 is 0 Å². The van der Waals surface area contributed by atoms with Gasteiger partial charge >= 0.3 is 0 Å². The second-order valence-corrected chi connectivity index (χ2v) is 11.9. The number of nitrogens with one attached hydrogen (secondary N) is 2. The van der Waals surface area contributed by atoms with E-state index in [1.807, 2.05) is 90.2 Å². The molecule has 186 valence electrons. The predicted octanol–water partition coefficient (Wildman–Crippen LogP) is 5.39. The van der Waals surface area contributed by atoms with Crippen molar-refractivity contribution < 1.29 is 17.9 Å². The van der Waals surface area contributed by atoms with Gasteiger partial charge in [-0.05, 0) is 51.0 Å². The van der Waals surface area contributed by atoms with Gasteiger partial charge in [-0.1, -0.05) is 36.4 Å². The molecule has 1 aromatic heterocycles. The van der Waals surface area contributed by atoms with Gasteiger partial charge < -0.3 is 14.8 Å². The molecule has 0 bridgehead atoms. The minimum atomic E-state index is -3.78. The van der Waals surface area contributed by atoms with Crippen LogP contribution in [0, 0.1) is 6.92 Å². The Hall–Kier alpha value is -2.94. The zero-order chi connectivity index (χ0) is 25.4. The van der Waals surface area contributed by atoms with Gasteiger partial charge in [0.25, 0.3) is 0 Å². The monoisotopic (exact) mass is 495 g/mol. The second kappa shape index (κ2) is 9.26. The highest BCUT2D eigenvalue weighted by atomic mass is 32.2. The molecule has 0 amide bonds. The lowest BCUT2D eigenvalue weighted by Gasteiger charge is -2.34. The maximum Gasteiger partial charge on any atom is 0.241 e. The molecule has 2 heterocycles. The van der Waals surface area contributed by atoms with E-state index in [1.165, 1.54) is 0 Å². The van der Waals surface area contributed by atoms with Crippen LogP contribution in [-0.4, -0.2) is 24.7 Å². The lowest BCUT2D eigenvalue weighted by atomic mass is 10.0. The molecule has 0 unspecified atom stereocenters. The van der Waals surface area contributed by atoms with Gasteiger partial charge in [0.05, 0.1) is 17.2 Å². The van der Waals surface area contributed by atoms with Gasteiger partial charge in [-0.2, -0.15) is 0 Å². The fourth-order valence-corrected chi connectivity index (χ4v) is 5.68. The van der Waals surface area contributed by atoms with Crippen LogP contribution in [0.4, 0.5) is 5.69 Å². The number of hydrogen-bond donors (Lipinski definition) is 2. The van der Waals surface area contributed by atoms with Gasteiger partial charge in [0.15, 0.2) is 0 Å². The molecule has 1 aliphatic heterocycles. The van der Waals surface area contributed by atoms with E-state index in [9.17, 15) is 8.42 Å². The molecule has 3 aromatic rings. The topological polar surface area (TPSA) is 89.6 Å². The van der Waals surface area contributed by atoms with Crippen molar-refractivity contribution >= 4 is 15.7 Å². The SMILES string of the molecule is Cc1ncc(CNc2ccc(-c3ccccc3)c(S(=O)(=O)NC(C)(C)C)c2)c2c1OC(C)(C)OC2. The van der Waals surface area contributed by atoms with E-state index in [4.69, 9.17) is 9.47 Å². The van der Waals surface area contributed by atoms with Gasteiger partial charge in [-0.25, -0.2) is 13.1 Å². The van der Waals surface area contributed by atoms with Gasteiger partial charge in [0.1, 0.15) is 5.75 Å².